The fourth-order valence-electron chi connectivity index (χ4n) is 2.45. The molecule has 3 N–H and O–H groups in total. The van der Waals surface area contributed by atoms with Gasteiger partial charge in [-0.25, -0.2) is 0 Å². The molecule has 0 saturated carbocycles. The third-order valence-electron chi connectivity index (χ3n) is 3.69. The Morgan fingerprint density at radius 1 is 1.35 bits per heavy atom. The Labute approximate surface area is 174 Å². The maximum atomic E-state index is 10.9. The van der Waals surface area contributed by atoms with Crippen LogP contribution in [0.3, 0.4) is 0 Å². The molecule has 1 aliphatic rings. The molecular weight excluding hydrogens is 449 g/mol. The minimum atomic E-state index is -0.530. The van der Waals surface area contributed by atoms with E-state index in [9.17, 15) is 4.79 Å². The van der Waals surface area contributed by atoms with E-state index in [1.807, 2.05) is 12.1 Å². The van der Waals surface area contributed by atoms with Crippen LogP contribution in [0.4, 0.5) is 0 Å². The van der Waals surface area contributed by atoms with Crippen molar-refractivity contribution < 1.29 is 43.8 Å². The van der Waals surface area contributed by atoms with Gasteiger partial charge in [-0.1, -0.05) is 0 Å². The molecule has 1 aromatic carbocycles. The highest BCUT2D eigenvalue weighted by atomic mass is 79.9. The lowest BCUT2D eigenvalue weighted by Crippen LogP contribution is -3.00. The van der Waals surface area contributed by atoms with E-state index in [2.05, 4.69) is 26.1 Å². The number of primary amides is 1. The molecule has 1 aliphatic heterocycles. The first kappa shape index (κ1) is 25.2. The average Bonchev–Trinajstić information content (AvgIpc) is 2.58. The lowest BCUT2D eigenvalue weighted by molar-refractivity contribution is -0.120. The molecule has 1 aromatic rings. The molecule has 1 fully saturated rings. The second kappa shape index (κ2) is 13.4. The molecule has 0 spiro atoms. The molecule has 0 bridgehead atoms. The van der Waals surface area contributed by atoms with Crippen LogP contribution in [0.15, 0.2) is 16.6 Å². The Kier molecular flexibility index (Phi) is 13.0. The van der Waals surface area contributed by atoms with Gasteiger partial charge in [-0.2, -0.15) is 0 Å². The average molecular weight is 473 g/mol. The number of nitrogens with zero attached hydrogens (tertiary/aromatic N) is 1. The van der Waals surface area contributed by atoms with Gasteiger partial charge in [0.2, 0.25) is 0 Å². The van der Waals surface area contributed by atoms with Gasteiger partial charge in [0.15, 0.2) is 18.1 Å². The zero-order valence-electron chi connectivity index (χ0n) is 14.6. The number of nitrogens with two attached hydrogens (primary N) is 1. The van der Waals surface area contributed by atoms with Gasteiger partial charge in [0, 0.05) is 32.7 Å². The van der Waals surface area contributed by atoms with Crippen LogP contribution >= 0.6 is 15.9 Å². The van der Waals surface area contributed by atoms with E-state index in [-0.39, 0.29) is 31.4 Å². The van der Waals surface area contributed by atoms with E-state index in [1.165, 1.54) is 0 Å². The lowest BCUT2D eigenvalue weighted by Gasteiger charge is -2.26. The number of rotatable bonds is 9. The van der Waals surface area contributed by atoms with Gasteiger partial charge >= 0.3 is 0 Å². The molecule has 26 heavy (non-hydrogen) atoms. The number of carbonyl (C=O) groups is 1. The van der Waals surface area contributed by atoms with Crippen LogP contribution in [0.1, 0.15) is 5.56 Å². The molecule has 2 rings (SSSR count). The Bertz CT molecular complexity index is 561. The highest BCUT2D eigenvalue weighted by molar-refractivity contribution is 9.10. The zero-order valence-corrected chi connectivity index (χ0v) is 17.7. The maximum Gasteiger partial charge on any atom is 0.255 e. The highest BCUT2D eigenvalue weighted by Crippen LogP contribution is 2.36. The molecule has 0 radical (unpaired) electrons. The second-order valence-electron chi connectivity index (χ2n) is 5.49. The number of carbonyl (C=O) groups excluding carboxylic acids is 1. The number of nitrogens with one attached hydrogen (secondary N) is 1. The second-order valence-corrected chi connectivity index (χ2v) is 6.35. The van der Waals surface area contributed by atoms with Gasteiger partial charge < -0.3 is 50.1 Å². The predicted octanol–water partition coefficient (Wildman–Crippen LogP) is -5.25. The smallest absolute Gasteiger partial charge is 0.255 e. The molecule has 7 nitrogen and oxygen atoms in total. The largest absolute Gasteiger partial charge is 1.00 e. The molecule has 1 heterocycles. The SMILES string of the molecule is COc1cc(CNCCN2CCOCC2)cc(Br)c1OCC(N)=O.[Cl-].[Cl-]. The van der Waals surface area contributed by atoms with Crippen molar-refractivity contribution in [2.45, 2.75) is 6.54 Å². The van der Waals surface area contributed by atoms with E-state index in [4.69, 9.17) is 19.9 Å². The van der Waals surface area contributed by atoms with E-state index in [0.29, 0.717) is 11.5 Å². The van der Waals surface area contributed by atoms with Crippen molar-refractivity contribution >= 4 is 21.8 Å². The first-order valence-corrected chi connectivity index (χ1v) is 8.67. The molecular formula is C16H24BrCl2N3O4-2. The summed E-state index contributed by atoms with van der Waals surface area (Å²) in [5.41, 5.74) is 6.17. The summed E-state index contributed by atoms with van der Waals surface area (Å²) in [7, 11) is 1.56. The predicted molar refractivity (Wildman–Crippen MR) is 94.3 cm³/mol. The Hall–Kier alpha value is -0.770. The third-order valence-corrected chi connectivity index (χ3v) is 4.27. The summed E-state index contributed by atoms with van der Waals surface area (Å²) in [6.07, 6.45) is 0. The number of amides is 1. The van der Waals surface area contributed by atoms with Crippen LogP contribution in [0.25, 0.3) is 0 Å². The van der Waals surface area contributed by atoms with Crippen LogP contribution in [0.5, 0.6) is 11.5 Å². The Morgan fingerprint density at radius 3 is 2.65 bits per heavy atom. The van der Waals surface area contributed by atoms with Crippen molar-refractivity contribution in [3.63, 3.8) is 0 Å². The van der Waals surface area contributed by atoms with Gasteiger partial charge in [-0.3, -0.25) is 9.69 Å². The van der Waals surface area contributed by atoms with Gasteiger partial charge in [-0.05, 0) is 33.6 Å². The topological polar surface area (TPSA) is 86.1 Å². The molecule has 1 saturated heterocycles. The molecule has 0 unspecified atom stereocenters. The summed E-state index contributed by atoms with van der Waals surface area (Å²) >= 11 is 3.45. The monoisotopic (exact) mass is 471 g/mol. The number of benzene rings is 1. The number of hydrogen-bond acceptors (Lipinski definition) is 6. The van der Waals surface area contributed by atoms with Crippen LogP contribution in [-0.2, 0) is 16.1 Å². The zero-order chi connectivity index (χ0) is 17.4. The summed E-state index contributed by atoms with van der Waals surface area (Å²) in [4.78, 5) is 13.3. The Balaban J connectivity index is 0.00000312. The fourth-order valence-corrected chi connectivity index (χ4v) is 3.06. The summed E-state index contributed by atoms with van der Waals surface area (Å²) in [6, 6.07) is 3.84. The summed E-state index contributed by atoms with van der Waals surface area (Å²) in [5.74, 6) is 0.516. The van der Waals surface area contributed by atoms with Gasteiger partial charge in [0.25, 0.3) is 5.91 Å². The molecule has 10 heteroatoms. The van der Waals surface area contributed by atoms with E-state index in [0.717, 1.165) is 56.0 Å². The quantitative estimate of drug-likeness (QED) is 0.349. The van der Waals surface area contributed by atoms with Crippen molar-refractivity contribution in [2.75, 3.05) is 53.1 Å². The fraction of sp³-hybridized carbons (Fsp3) is 0.562. The minimum absolute atomic E-state index is 0. The van der Waals surface area contributed by atoms with E-state index >= 15 is 0 Å². The summed E-state index contributed by atoms with van der Waals surface area (Å²) in [6.45, 7) is 6.05. The maximum absolute atomic E-state index is 10.9. The van der Waals surface area contributed by atoms with Crippen molar-refractivity contribution in [2.24, 2.45) is 5.73 Å². The minimum Gasteiger partial charge on any atom is -1.00 e. The molecule has 0 aromatic heterocycles. The van der Waals surface area contributed by atoms with Crippen LogP contribution < -0.4 is 45.3 Å². The molecule has 0 aliphatic carbocycles. The lowest BCUT2D eigenvalue weighted by atomic mass is 10.2. The van der Waals surface area contributed by atoms with Crippen molar-refractivity contribution in [3.05, 3.63) is 22.2 Å². The van der Waals surface area contributed by atoms with Gasteiger partial charge in [0.05, 0.1) is 24.8 Å². The van der Waals surface area contributed by atoms with Crippen molar-refractivity contribution in [3.8, 4) is 11.5 Å². The van der Waals surface area contributed by atoms with E-state index < -0.39 is 5.91 Å². The van der Waals surface area contributed by atoms with Gasteiger partial charge in [0.1, 0.15) is 0 Å². The molecule has 1 amide bonds. The number of hydrogen-bond donors (Lipinski definition) is 2. The normalized spacial score (nSPS) is 14.1. The number of halogens is 3. The first-order chi connectivity index (χ1) is 11.6. The molecule has 150 valence electrons. The first-order valence-electron chi connectivity index (χ1n) is 7.88. The van der Waals surface area contributed by atoms with Crippen molar-refractivity contribution in [1.29, 1.82) is 0 Å². The standard InChI is InChI=1S/C16H24BrN3O4.2ClH/c1-22-14-9-12(8-13(17)16(14)24-11-15(18)21)10-19-2-3-20-4-6-23-7-5-20;;/h8-9,19H,2-7,10-11H2,1H3,(H2,18,21);2*1H/p-2. The third kappa shape index (κ3) is 8.28. The van der Waals surface area contributed by atoms with Crippen LogP contribution in [0.2, 0.25) is 0 Å². The van der Waals surface area contributed by atoms with E-state index in [1.54, 1.807) is 7.11 Å². The van der Waals surface area contributed by atoms with Crippen molar-refractivity contribution in [1.82, 2.24) is 10.2 Å². The summed E-state index contributed by atoms with van der Waals surface area (Å²) < 4.78 is 16.8. The van der Waals surface area contributed by atoms with Crippen LogP contribution in [-0.4, -0.2) is 63.9 Å². The number of morpholine rings is 1. The summed E-state index contributed by atoms with van der Waals surface area (Å²) in [5, 5.41) is 3.42. The highest BCUT2D eigenvalue weighted by Gasteiger charge is 2.13. The Morgan fingerprint density at radius 2 is 2.04 bits per heavy atom. The number of methoxy groups -OCH3 is 1. The van der Waals surface area contributed by atoms with Gasteiger partial charge in [-0.15, -0.1) is 0 Å². The number of ether oxygens (including phenoxy) is 3. The van der Waals surface area contributed by atoms with Crippen LogP contribution in [0, 0.1) is 0 Å². The molecule has 0 atom stereocenters.